The third-order valence-electron chi connectivity index (χ3n) is 4.36. The maximum Gasteiger partial charge on any atom is 0.573 e. The molecule has 1 aliphatic rings. The van der Waals surface area contributed by atoms with Crippen LogP contribution in [0.2, 0.25) is 0 Å². The van der Waals surface area contributed by atoms with Crippen LogP contribution >= 0.6 is 0 Å². The molecular weight excluding hydrogens is 307 g/mol. The Morgan fingerprint density at radius 3 is 2.35 bits per heavy atom. The van der Waals surface area contributed by atoms with Crippen LogP contribution in [-0.4, -0.2) is 18.8 Å². The van der Waals surface area contributed by atoms with Crippen molar-refractivity contribution in [2.75, 3.05) is 6.54 Å². The lowest BCUT2D eigenvalue weighted by Crippen LogP contribution is -2.41. The van der Waals surface area contributed by atoms with Gasteiger partial charge in [0.15, 0.2) is 0 Å². The molecule has 6 heteroatoms. The van der Waals surface area contributed by atoms with E-state index in [4.69, 9.17) is 0 Å². The van der Waals surface area contributed by atoms with Gasteiger partial charge in [0.05, 0.1) is 0 Å². The van der Waals surface area contributed by atoms with Crippen LogP contribution in [0.25, 0.3) is 0 Å². The second-order valence-electron chi connectivity index (χ2n) is 6.32. The van der Waals surface area contributed by atoms with E-state index in [1.54, 1.807) is 12.1 Å². The Balaban J connectivity index is 1.78. The van der Waals surface area contributed by atoms with Crippen molar-refractivity contribution in [1.82, 2.24) is 5.32 Å². The van der Waals surface area contributed by atoms with Crippen molar-refractivity contribution in [3.8, 4) is 5.75 Å². The molecule has 2 rings (SSSR count). The number of ether oxygens (including phenoxy) is 1. The van der Waals surface area contributed by atoms with E-state index in [1.807, 2.05) is 6.92 Å². The van der Waals surface area contributed by atoms with E-state index < -0.39 is 6.36 Å². The molecule has 3 nitrogen and oxygen atoms in total. The second kappa shape index (κ2) is 7.23. The summed E-state index contributed by atoms with van der Waals surface area (Å²) < 4.78 is 40.1. The minimum Gasteiger partial charge on any atom is -0.406 e. The van der Waals surface area contributed by atoms with E-state index in [9.17, 15) is 18.0 Å². The summed E-state index contributed by atoms with van der Waals surface area (Å²) in [7, 11) is 0. The molecule has 0 aliphatic heterocycles. The van der Waals surface area contributed by atoms with Crippen LogP contribution < -0.4 is 10.1 Å². The molecule has 0 radical (unpaired) electrons. The summed E-state index contributed by atoms with van der Waals surface area (Å²) in [6.07, 6.45) is 1.11. The third-order valence-corrected chi connectivity index (χ3v) is 4.36. The van der Waals surface area contributed by atoms with Crippen LogP contribution in [-0.2, 0) is 11.2 Å². The lowest BCUT2D eigenvalue weighted by Gasteiger charge is -2.32. The zero-order valence-corrected chi connectivity index (χ0v) is 13.2. The van der Waals surface area contributed by atoms with Crippen molar-refractivity contribution in [3.05, 3.63) is 29.8 Å². The molecule has 0 bridgehead atoms. The standard InChI is InChI=1S/C17H22F3NO2/c1-16(10-3-2-4-11-16)15(22)21-12-9-13-5-7-14(8-6-13)23-17(18,19)20/h5-8H,2-4,9-12H2,1H3,(H,21,22). The molecule has 0 atom stereocenters. The zero-order valence-electron chi connectivity index (χ0n) is 13.2. The zero-order chi connectivity index (χ0) is 16.9. The molecule has 0 unspecified atom stereocenters. The number of rotatable bonds is 5. The smallest absolute Gasteiger partial charge is 0.406 e. The van der Waals surface area contributed by atoms with Crippen LogP contribution in [0.1, 0.15) is 44.6 Å². The van der Waals surface area contributed by atoms with Gasteiger partial charge in [0.2, 0.25) is 5.91 Å². The highest BCUT2D eigenvalue weighted by molar-refractivity contribution is 5.82. The molecule has 1 N–H and O–H groups in total. The van der Waals surface area contributed by atoms with Crippen LogP contribution in [0.15, 0.2) is 24.3 Å². The lowest BCUT2D eigenvalue weighted by molar-refractivity contribution is -0.274. The quantitative estimate of drug-likeness (QED) is 0.878. The van der Waals surface area contributed by atoms with Gasteiger partial charge in [-0.15, -0.1) is 13.2 Å². The number of benzene rings is 1. The molecule has 1 fully saturated rings. The predicted octanol–water partition coefficient (Wildman–Crippen LogP) is 4.21. The van der Waals surface area contributed by atoms with Gasteiger partial charge in [-0.05, 0) is 37.0 Å². The number of nitrogens with one attached hydrogen (secondary N) is 1. The fourth-order valence-corrected chi connectivity index (χ4v) is 2.95. The Bertz CT molecular complexity index is 520. The van der Waals surface area contributed by atoms with Crippen molar-refractivity contribution in [1.29, 1.82) is 0 Å². The highest BCUT2D eigenvalue weighted by Gasteiger charge is 2.34. The number of carbonyl (C=O) groups excluding carboxylic acids is 1. The Morgan fingerprint density at radius 2 is 1.78 bits per heavy atom. The molecule has 1 aliphatic carbocycles. The van der Waals surface area contributed by atoms with Crippen LogP contribution in [0.4, 0.5) is 13.2 Å². The monoisotopic (exact) mass is 329 g/mol. The Kier molecular flexibility index (Phi) is 5.55. The molecule has 1 aromatic rings. The van der Waals surface area contributed by atoms with E-state index in [0.717, 1.165) is 31.2 Å². The molecule has 1 amide bonds. The van der Waals surface area contributed by atoms with E-state index >= 15 is 0 Å². The van der Waals surface area contributed by atoms with Gasteiger partial charge < -0.3 is 10.1 Å². The number of alkyl halides is 3. The van der Waals surface area contributed by atoms with Crippen LogP contribution in [0.5, 0.6) is 5.75 Å². The summed E-state index contributed by atoms with van der Waals surface area (Å²) >= 11 is 0. The summed E-state index contributed by atoms with van der Waals surface area (Å²) in [4.78, 5) is 12.3. The van der Waals surface area contributed by atoms with Gasteiger partial charge >= 0.3 is 6.36 Å². The minimum absolute atomic E-state index is 0.0780. The van der Waals surface area contributed by atoms with Crippen molar-refractivity contribution >= 4 is 5.91 Å². The fraction of sp³-hybridized carbons (Fsp3) is 0.588. The molecule has 23 heavy (non-hydrogen) atoms. The maximum absolute atomic E-state index is 12.3. The average Bonchev–Trinajstić information content (AvgIpc) is 2.48. The van der Waals surface area contributed by atoms with Gasteiger partial charge in [0.1, 0.15) is 5.75 Å². The summed E-state index contributed by atoms with van der Waals surface area (Å²) in [5.74, 6) is -0.158. The largest absolute Gasteiger partial charge is 0.573 e. The molecule has 0 heterocycles. The van der Waals surface area contributed by atoms with Gasteiger partial charge in [-0.2, -0.15) is 0 Å². The SMILES string of the molecule is CC1(C(=O)NCCc2ccc(OC(F)(F)F)cc2)CCCCC1. The molecule has 0 aromatic heterocycles. The fourth-order valence-electron chi connectivity index (χ4n) is 2.95. The summed E-state index contributed by atoms with van der Waals surface area (Å²) in [6.45, 7) is 2.48. The Hall–Kier alpha value is -1.72. The molecule has 128 valence electrons. The van der Waals surface area contributed by atoms with Gasteiger partial charge in [-0.3, -0.25) is 4.79 Å². The summed E-state index contributed by atoms with van der Waals surface area (Å²) in [6, 6.07) is 5.73. The summed E-state index contributed by atoms with van der Waals surface area (Å²) in [5, 5.41) is 2.94. The number of hydrogen-bond donors (Lipinski definition) is 1. The Labute approximate surface area is 134 Å². The predicted molar refractivity (Wildman–Crippen MR) is 81.0 cm³/mol. The third kappa shape index (κ3) is 5.44. The normalized spacial score (nSPS) is 17.6. The molecule has 0 spiro atoms. The van der Waals surface area contributed by atoms with Gasteiger partial charge in [0.25, 0.3) is 0 Å². The first-order valence-electron chi connectivity index (χ1n) is 7.91. The van der Waals surface area contributed by atoms with Gasteiger partial charge in [0, 0.05) is 12.0 Å². The molecule has 1 saturated carbocycles. The van der Waals surface area contributed by atoms with E-state index in [0.29, 0.717) is 13.0 Å². The first-order chi connectivity index (χ1) is 10.8. The number of halogens is 3. The summed E-state index contributed by atoms with van der Waals surface area (Å²) in [5.41, 5.74) is 0.580. The molecular formula is C17H22F3NO2. The highest BCUT2D eigenvalue weighted by atomic mass is 19.4. The van der Waals surface area contributed by atoms with E-state index in [1.165, 1.54) is 18.6 Å². The van der Waals surface area contributed by atoms with Crippen molar-refractivity contribution in [3.63, 3.8) is 0 Å². The highest BCUT2D eigenvalue weighted by Crippen LogP contribution is 2.35. The first-order valence-corrected chi connectivity index (χ1v) is 7.91. The van der Waals surface area contributed by atoms with E-state index in [-0.39, 0.29) is 17.1 Å². The minimum atomic E-state index is -4.68. The Morgan fingerprint density at radius 1 is 1.17 bits per heavy atom. The lowest BCUT2D eigenvalue weighted by atomic mass is 9.75. The molecule has 0 saturated heterocycles. The van der Waals surface area contributed by atoms with Crippen molar-refractivity contribution in [2.45, 2.75) is 51.8 Å². The second-order valence-corrected chi connectivity index (χ2v) is 6.32. The topological polar surface area (TPSA) is 38.3 Å². The van der Waals surface area contributed by atoms with Gasteiger partial charge in [-0.1, -0.05) is 38.3 Å². The average molecular weight is 329 g/mol. The van der Waals surface area contributed by atoms with Crippen molar-refractivity contribution in [2.24, 2.45) is 5.41 Å². The number of amides is 1. The first kappa shape index (κ1) is 17.6. The van der Waals surface area contributed by atoms with Gasteiger partial charge in [-0.25, -0.2) is 0 Å². The van der Waals surface area contributed by atoms with Crippen LogP contribution in [0, 0.1) is 5.41 Å². The van der Waals surface area contributed by atoms with Crippen molar-refractivity contribution < 1.29 is 22.7 Å². The number of carbonyl (C=O) groups is 1. The maximum atomic E-state index is 12.3. The van der Waals surface area contributed by atoms with E-state index in [2.05, 4.69) is 10.1 Å². The molecule has 1 aromatic carbocycles. The number of hydrogen-bond acceptors (Lipinski definition) is 2. The van der Waals surface area contributed by atoms with Crippen LogP contribution in [0.3, 0.4) is 0 Å².